The number of aromatic nitrogens is 1. The highest BCUT2D eigenvalue weighted by molar-refractivity contribution is 7.21. The summed E-state index contributed by atoms with van der Waals surface area (Å²) >= 11 is 2.83. The molecule has 0 atom stereocenters. The van der Waals surface area contributed by atoms with E-state index in [1.165, 1.54) is 11.3 Å². The first kappa shape index (κ1) is 18.2. The zero-order valence-corrected chi connectivity index (χ0v) is 17.7. The van der Waals surface area contributed by atoms with Crippen LogP contribution < -0.4 is 5.73 Å². The van der Waals surface area contributed by atoms with Crippen LogP contribution in [0, 0.1) is 0 Å². The fourth-order valence-corrected chi connectivity index (χ4v) is 6.01. The first-order valence-electron chi connectivity index (χ1n) is 9.69. The molecule has 1 aliphatic rings. The predicted molar refractivity (Wildman–Crippen MR) is 126 cm³/mol. The highest BCUT2D eigenvalue weighted by Crippen LogP contribution is 2.50. The van der Waals surface area contributed by atoms with Crippen LogP contribution in [0.2, 0.25) is 0 Å². The standard InChI is InChI=1S/C25H14N2O2S2/c26-20-19-18(16-11-6-12-30-16)17-14-9-4-5-10-15(14)23(29)21(17)27-25(19)31-24(20)22(28)13-7-2-1-3-8-13/h1-12H,26H2. The highest BCUT2D eigenvalue weighted by Gasteiger charge is 2.34. The minimum absolute atomic E-state index is 0.0896. The number of carbonyl (C=O) groups is 2. The molecule has 0 saturated heterocycles. The molecule has 0 unspecified atom stereocenters. The van der Waals surface area contributed by atoms with Crippen molar-refractivity contribution in [2.24, 2.45) is 0 Å². The van der Waals surface area contributed by atoms with Crippen LogP contribution in [-0.2, 0) is 0 Å². The van der Waals surface area contributed by atoms with Crippen molar-refractivity contribution in [3.05, 3.63) is 93.8 Å². The van der Waals surface area contributed by atoms with Crippen LogP contribution in [0.5, 0.6) is 0 Å². The van der Waals surface area contributed by atoms with Gasteiger partial charge in [-0.05, 0) is 17.0 Å². The predicted octanol–water partition coefficient (Wildman–Crippen LogP) is 6.05. The van der Waals surface area contributed by atoms with Crippen LogP contribution in [0.3, 0.4) is 0 Å². The third-order valence-corrected chi connectivity index (χ3v) is 7.53. The van der Waals surface area contributed by atoms with E-state index in [9.17, 15) is 9.59 Å². The minimum atomic E-state index is -0.134. The van der Waals surface area contributed by atoms with E-state index in [-0.39, 0.29) is 11.6 Å². The quantitative estimate of drug-likeness (QED) is 0.341. The van der Waals surface area contributed by atoms with Gasteiger partial charge in [0.2, 0.25) is 11.6 Å². The molecule has 5 aromatic rings. The third-order valence-electron chi connectivity index (χ3n) is 5.54. The van der Waals surface area contributed by atoms with Gasteiger partial charge in [-0.3, -0.25) is 9.59 Å². The van der Waals surface area contributed by atoms with Crippen molar-refractivity contribution in [1.82, 2.24) is 4.98 Å². The Morgan fingerprint density at radius 1 is 0.871 bits per heavy atom. The number of benzene rings is 2. The summed E-state index contributed by atoms with van der Waals surface area (Å²) in [5.41, 5.74) is 11.2. The molecule has 3 heterocycles. The lowest BCUT2D eigenvalue weighted by molar-refractivity contribution is 0.103. The molecule has 0 saturated carbocycles. The minimum Gasteiger partial charge on any atom is -0.397 e. The van der Waals surface area contributed by atoms with Crippen molar-refractivity contribution >= 4 is 50.1 Å². The van der Waals surface area contributed by atoms with Gasteiger partial charge in [0.1, 0.15) is 15.4 Å². The average Bonchev–Trinajstić information content (AvgIpc) is 3.52. The number of hydrogen-bond acceptors (Lipinski definition) is 6. The van der Waals surface area contributed by atoms with Crippen LogP contribution in [0.1, 0.15) is 31.3 Å². The monoisotopic (exact) mass is 438 g/mol. The lowest BCUT2D eigenvalue weighted by Crippen LogP contribution is -2.02. The Kier molecular flexibility index (Phi) is 3.93. The number of nitrogens with zero attached hydrogens (tertiary/aromatic N) is 1. The largest absolute Gasteiger partial charge is 0.397 e. The van der Waals surface area contributed by atoms with Crippen LogP contribution in [0.15, 0.2) is 72.1 Å². The summed E-state index contributed by atoms with van der Waals surface area (Å²) in [5.74, 6) is -0.224. The maximum atomic E-state index is 13.2. The Labute approximate surface area is 185 Å². The fraction of sp³-hybridized carbons (Fsp3) is 0. The average molecular weight is 439 g/mol. The zero-order chi connectivity index (χ0) is 21.1. The summed E-state index contributed by atoms with van der Waals surface area (Å²) in [5, 5.41) is 2.74. The van der Waals surface area contributed by atoms with Crippen molar-refractivity contribution in [2.75, 3.05) is 5.73 Å². The van der Waals surface area contributed by atoms with Crippen molar-refractivity contribution in [3.8, 4) is 21.6 Å². The number of pyridine rings is 1. The van der Waals surface area contributed by atoms with E-state index in [1.54, 1.807) is 23.5 Å². The van der Waals surface area contributed by atoms with E-state index in [0.717, 1.165) is 27.0 Å². The molecule has 31 heavy (non-hydrogen) atoms. The van der Waals surface area contributed by atoms with Gasteiger partial charge < -0.3 is 5.73 Å². The number of anilines is 1. The van der Waals surface area contributed by atoms with Gasteiger partial charge in [-0.2, -0.15) is 0 Å². The van der Waals surface area contributed by atoms with Crippen molar-refractivity contribution in [3.63, 3.8) is 0 Å². The Morgan fingerprint density at radius 2 is 1.61 bits per heavy atom. The van der Waals surface area contributed by atoms with Crippen molar-refractivity contribution < 1.29 is 9.59 Å². The molecule has 0 bridgehead atoms. The summed E-state index contributed by atoms with van der Waals surface area (Å²) in [6.45, 7) is 0. The van der Waals surface area contributed by atoms with Crippen LogP contribution >= 0.6 is 22.7 Å². The maximum absolute atomic E-state index is 13.2. The van der Waals surface area contributed by atoms with E-state index in [2.05, 4.69) is 0 Å². The molecule has 2 aromatic carbocycles. The van der Waals surface area contributed by atoms with E-state index >= 15 is 0 Å². The molecule has 0 spiro atoms. The fourth-order valence-electron chi connectivity index (χ4n) is 4.16. The van der Waals surface area contributed by atoms with E-state index in [0.29, 0.717) is 32.2 Å². The second-order valence-corrected chi connectivity index (χ2v) is 9.23. The first-order chi connectivity index (χ1) is 15.1. The SMILES string of the molecule is Nc1c(C(=O)c2ccccc2)sc2nc3c(c(-c4cccs4)c12)-c1ccccc1C3=O. The summed E-state index contributed by atoms with van der Waals surface area (Å²) in [4.78, 5) is 33.1. The zero-order valence-electron chi connectivity index (χ0n) is 16.1. The lowest BCUT2D eigenvalue weighted by Gasteiger charge is -2.10. The maximum Gasteiger partial charge on any atom is 0.212 e. The molecular formula is C25H14N2O2S2. The summed E-state index contributed by atoms with van der Waals surface area (Å²) in [7, 11) is 0. The van der Waals surface area contributed by atoms with Gasteiger partial charge in [0.25, 0.3) is 0 Å². The summed E-state index contributed by atoms with van der Waals surface area (Å²) in [6.07, 6.45) is 0. The molecule has 6 rings (SSSR count). The van der Waals surface area contributed by atoms with Gasteiger partial charge >= 0.3 is 0 Å². The van der Waals surface area contributed by atoms with Crippen molar-refractivity contribution in [1.29, 1.82) is 0 Å². The second kappa shape index (κ2) is 6.70. The molecule has 0 aliphatic heterocycles. The van der Waals surface area contributed by atoms with Gasteiger partial charge in [0, 0.05) is 32.5 Å². The second-order valence-electron chi connectivity index (χ2n) is 7.28. The molecule has 0 fully saturated rings. The molecule has 2 N–H and O–H groups in total. The molecule has 4 nitrogen and oxygen atoms in total. The Morgan fingerprint density at radius 3 is 2.35 bits per heavy atom. The summed E-state index contributed by atoms with van der Waals surface area (Å²) < 4.78 is 0. The topological polar surface area (TPSA) is 73.1 Å². The number of thiophene rings is 2. The van der Waals surface area contributed by atoms with Gasteiger partial charge in [-0.15, -0.1) is 22.7 Å². The lowest BCUT2D eigenvalue weighted by atomic mass is 9.97. The smallest absolute Gasteiger partial charge is 0.212 e. The molecule has 0 radical (unpaired) electrons. The van der Waals surface area contributed by atoms with Crippen LogP contribution in [0.25, 0.3) is 31.8 Å². The molecule has 3 aromatic heterocycles. The van der Waals surface area contributed by atoms with Gasteiger partial charge in [0.05, 0.1) is 5.69 Å². The molecule has 1 aliphatic carbocycles. The number of nitrogens with two attached hydrogens (primary N) is 1. The normalized spacial score (nSPS) is 12.2. The van der Waals surface area contributed by atoms with E-state index in [4.69, 9.17) is 10.7 Å². The van der Waals surface area contributed by atoms with Crippen LogP contribution in [-0.4, -0.2) is 16.6 Å². The number of nitrogen functional groups attached to an aromatic ring is 1. The van der Waals surface area contributed by atoms with Gasteiger partial charge in [-0.25, -0.2) is 4.98 Å². The molecule has 148 valence electrons. The number of hydrogen-bond donors (Lipinski definition) is 1. The number of rotatable bonds is 3. The molecular weight excluding hydrogens is 424 g/mol. The summed E-state index contributed by atoms with van der Waals surface area (Å²) in [6, 6.07) is 20.6. The Hall–Kier alpha value is -3.61. The van der Waals surface area contributed by atoms with Crippen molar-refractivity contribution in [2.45, 2.75) is 0 Å². The first-order valence-corrected chi connectivity index (χ1v) is 11.4. The van der Waals surface area contributed by atoms with E-state index in [1.807, 2.05) is 60.0 Å². The van der Waals surface area contributed by atoms with Gasteiger partial charge in [0.15, 0.2) is 0 Å². The molecule has 6 heteroatoms. The number of ketones is 2. The van der Waals surface area contributed by atoms with E-state index < -0.39 is 0 Å². The number of carbonyl (C=O) groups excluding carboxylic acids is 2. The van der Waals surface area contributed by atoms with Crippen LogP contribution in [0.4, 0.5) is 5.69 Å². The number of fused-ring (bicyclic) bond motifs is 4. The van der Waals surface area contributed by atoms with Gasteiger partial charge in [-0.1, -0.05) is 60.7 Å². The third kappa shape index (κ3) is 2.55. The highest BCUT2D eigenvalue weighted by atomic mass is 32.1. The Balaban J connectivity index is 1.71. The molecule has 0 amide bonds. The Bertz CT molecular complexity index is 1520.